The van der Waals surface area contributed by atoms with Gasteiger partial charge < -0.3 is 15.3 Å². The van der Waals surface area contributed by atoms with E-state index < -0.39 is 40.5 Å². The van der Waals surface area contributed by atoms with Gasteiger partial charge in [0, 0.05) is 42.7 Å². The Hall–Kier alpha value is -3.42. The van der Waals surface area contributed by atoms with E-state index in [1.54, 1.807) is 32.8 Å². The maximum atomic E-state index is 13.2. The lowest BCUT2D eigenvalue weighted by atomic mass is 9.89. The summed E-state index contributed by atoms with van der Waals surface area (Å²) in [6.45, 7) is 5.46. The SMILES string of the molecule is Cc1cc(C2=NC3(CCN(S(=O)/C=C/c4c(C)cc(C(=O)N5CCC(O)(CF)CC5)cc4C)CC3)C(=O)N2)ccc1C(F)(F)F. The number of halogens is 4. The van der Waals surface area contributed by atoms with E-state index in [9.17, 15) is 36.5 Å². The van der Waals surface area contributed by atoms with Crippen LogP contribution in [0.1, 0.15) is 69.4 Å². The first-order valence-corrected chi connectivity index (χ1v) is 15.9. The van der Waals surface area contributed by atoms with Gasteiger partial charge in [-0.15, -0.1) is 0 Å². The third kappa shape index (κ3) is 6.75. The predicted octanol–water partition coefficient (Wildman–Crippen LogP) is 4.61. The van der Waals surface area contributed by atoms with Gasteiger partial charge in [0.25, 0.3) is 11.8 Å². The monoisotopic (exact) mass is 648 g/mol. The molecule has 0 aliphatic carbocycles. The second kappa shape index (κ2) is 12.4. The zero-order valence-corrected chi connectivity index (χ0v) is 26.2. The number of alkyl halides is 4. The number of aliphatic hydroxyl groups is 1. The molecule has 45 heavy (non-hydrogen) atoms. The number of aliphatic imine (C=N–C) groups is 1. The summed E-state index contributed by atoms with van der Waals surface area (Å²) in [7, 11) is -1.50. The quantitative estimate of drug-likeness (QED) is 0.447. The van der Waals surface area contributed by atoms with Gasteiger partial charge in [-0.3, -0.25) is 14.6 Å². The minimum absolute atomic E-state index is 0.0389. The zero-order valence-electron chi connectivity index (χ0n) is 25.3. The van der Waals surface area contributed by atoms with Gasteiger partial charge in [-0.2, -0.15) is 13.2 Å². The molecule has 1 spiro atoms. The fraction of sp³-hybridized carbons (Fsp3) is 0.469. The normalized spacial score (nSPS) is 20.8. The number of rotatable bonds is 6. The number of nitrogens with one attached hydrogen (secondary N) is 1. The maximum Gasteiger partial charge on any atom is 0.416 e. The van der Waals surface area contributed by atoms with Crippen LogP contribution in [-0.4, -0.2) is 80.2 Å². The number of likely N-dealkylation sites (tertiary alicyclic amines) is 1. The summed E-state index contributed by atoms with van der Waals surface area (Å²) in [4.78, 5) is 32.3. The molecule has 1 unspecified atom stereocenters. The predicted molar refractivity (Wildman–Crippen MR) is 164 cm³/mol. The Morgan fingerprint density at radius 1 is 1.02 bits per heavy atom. The molecule has 242 valence electrons. The van der Waals surface area contributed by atoms with Crippen LogP contribution in [0.25, 0.3) is 6.08 Å². The highest BCUT2D eigenvalue weighted by molar-refractivity contribution is 7.85. The van der Waals surface area contributed by atoms with E-state index in [0.29, 0.717) is 37.1 Å². The third-order valence-electron chi connectivity index (χ3n) is 9.01. The Bertz CT molecular complexity index is 1570. The smallest absolute Gasteiger partial charge is 0.387 e. The van der Waals surface area contributed by atoms with Gasteiger partial charge in [0.2, 0.25) is 0 Å². The number of amides is 2. The zero-order chi connectivity index (χ0) is 32.7. The van der Waals surface area contributed by atoms with Crippen molar-refractivity contribution in [1.29, 1.82) is 0 Å². The first-order valence-electron chi connectivity index (χ1n) is 14.8. The van der Waals surface area contributed by atoms with Gasteiger partial charge in [0.15, 0.2) is 0 Å². The average molecular weight is 649 g/mol. The van der Waals surface area contributed by atoms with E-state index in [0.717, 1.165) is 22.8 Å². The minimum atomic E-state index is -4.47. The highest BCUT2D eigenvalue weighted by atomic mass is 32.2. The van der Waals surface area contributed by atoms with Gasteiger partial charge in [-0.1, -0.05) is 6.07 Å². The minimum Gasteiger partial charge on any atom is -0.387 e. The average Bonchev–Trinajstić information content (AvgIpc) is 3.31. The van der Waals surface area contributed by atoms with Crippen LogP contribution in [0, 0.1) is 20.8 Å². The van der Waals surface area contributed by atoms with Crippen LogP contribution in [-0.2, 0) is 22.0 Å². The second-order valence-electron chi connectivity index (χ2n) is 12.2. The second-order valence-corrected chi connectivity index (χ2v) is 13.5. The number of hydrogen-bond donors (Lipinski definition) is 2. The van der Waals surface area contributed by atoms with E-state index in [1.807, 2.05) is 13.8 Å². The molecule has 3 aliphatic heterocycles. The number of piperidine rings is 2. The van der Waals surface area contributed by atoms with E-state index >= 15 is 0 Å². The fourth-order valence-electron chi connectivity index (χ4n) is 6.17. The summed E-state index contributed by atoms with van der Waals surface area (Å²) < 4.78 is 67.5. The van der Waals surface area contributed by atoms with Gasteiger partial charge in [-0.05, 0) is 99.0 Å². The number of nitrogens with zero attached hydrogens (tertiary/aromatic N) is 3. The van der Waals surface area contributed by atoms with E-state index in [1.165, 1.54) is 19.1 Å². The Morgan fingerprint density at radius 3 is 2.20 bits per heavy atom. The summed E-state index contributed by atoms with van der Waals surface area (Å²) in [6.07, 6.45) is -1.73. The van der Waals surface area contributed by atoms with Crippen molar-refractivity contribution in [3.63, 3.8) is 0 Å². The molecule has 1 atom stereocenters. The Labute approximate surface area is 261 Å². The molecule has 2 fully saturated rings. The third-order valence-corrected chi connectivity index (χ3v) is 10.3. The van der Waals surface area contributed by atoms with E-state index in [2.05, 4.69) is 10.3 Å². The standard InChI is InChI=1S/C32H36F4N4O4S/c1-20-16-24(28(41)39-11-7-30(43,19-33)8-12-39)17-21(2)25(20)6-15-45(44)40-13-9-31(10-14-40)29(42)37-27(38-31)23-4-5-26(22(3)18-23)32(34,35)36/h4-6,15-18,43H,7-14,19H2,1-3H3,(H,37,38,42)/b15-6+. The number of amidine groups is 1. The Balaban J connectivity index is 1.22. The lowest BCUT2D eigenvalue weighted by molar-refractivity contribution is -0.138. The molecule has 13 heteroatoms. The van der Waals surface area contributed by atoms with Crippen LogP contribution in [0.3, 0.4) is 0 Å². The molecule has 2 amide bonds. The molecule has 2 aromatic rings. The van der Waals surface area contributed by atoms with Gasteiger partial charge >= 0.3 is 6.18 Å². The lowest BCUT2D eigenvalue weighted by Gasteiger charge is -2.36. The molecule has 2 N–H and O–H groups in total. The summed E-state index contributed by atoms with van der Waals surface area (Å²) in [5.74, 6) is -0.265. The molecule has 2 aromatic carbocycles. The molecular formula is C32H36F4N4O4S. The van der Waals surface area contributed by atoms with Crippen LogP contribution < -0.4 is 5.32 Å². The number of aryl methyl sites for hydroxylation is 3. The number of hydrogen-bond acceptors (Lipinski definition) is 5. The maximum absolute atomic E-state index is 13.2. The van der Waals surface area contributed by atoms with Crippen LogP contribution in [0.2, 0.25) is 0 Å². The van der Waals surface area contributed by atoms with E-state index in [4.69, 9.17) is 0 Å². The summed E-state index contributed by atoms with van der Waals surface area (Å²) in [5, 5.41) is 14.4. The van der Waals surface area contributed by atoms with Crippen LogP contribution in [0.15, 0.2) is 40.7 Å². The van der Waals surface area contributed by atoms with E-state index in [-0.39, 0.29) is 49.1 Å². The first kappa shape index (κ1) is 33.0. The summed E-state index contributed by atoms with van der Waals surface area (Å²) in [5.41, 5.74) is 0.244. The molecule has 0 radical (unpaired) electrons. The lowest BCUT2D eigenvalue weighted by Crippen LogP contribution is -2.49. The number of carbonyl (C=O) groups is 2. The highest BCUT2D eigenvalue weighted by Gasteiger charge is 2.46. The van der Waals surface area contributed by atoms with Crippen molar-refractivity contribution in [2.45, 2.75) is 63.8 Å². The van der Waals surface area contributed by atoms with Crippen LogP contribution >= 0.6 is 0 Å². The molecule has 0 bridgehead atoms. The first-order chi connectivity index (χ1) is 21.1. The Kier molecular flexibility index (Phi) is 9.09. The van der Waals surface area contributed by atoms with Gasteiger partial charge in [-0.25, -0.2) is 12.9 Å². The molecule has 8 nitrogen and oxygen atoms in total. The largest absolute Gasteiger partial charge is 0.416 e. The van der Waals surface area contributed by atoms with Crippen LogP contribution in [0.4, 0.5) is 17.6 Å². The fourth-order valence-corrected chi connectivity index (χ4v) is 7.14. The number of carbonyl (C=O) groups excluding carboxylic acids is 2. The van der Waals surface area contributed by atoms with Crippen LogP contribution in [0.5, 0.6) is 0 Å². The highest BCUT2D eigenvalue weighted by Crippen LogP contribution is 2.35. The van der Waals surface area contributed by atoms with Crippen molar-refractivity contribution in [3.8, 4) is 0 Å². The molecule has 2 saturated heterocycles. The molecule has 3 heterocycles. The van der Waals surface area contributed by atoms with Crippen molar-refractivity contribution < 1.29 is 36.5 Å². The number of benzene rings is 2. The Morgan fingerprint density at radius 2 is 1.64 bits per heavy atom. The van der Waals surface area contributed by atoms with Gasteiger partial charge in [0.05, 0.1) is 11.2 Å². The van der Waals surface area contributed by atoms with Crippen molar-refractivity contribution in [2.75, 3.05) is 32.9 Å². The summed E-state index contributed by atoms with van der Waals surface area (Å²) >= 11 is 0. The molecular weight excluding hydrogens is 612 g/mol. The molecule has 3 aliphatic rings. The summed E-state index contributed by atoms with van der Waals surface area (Å²) in [6, 6.07) is 7.19. The van der Waals surface area contributed by atoms with Gasteiger partial charge in [0.1, 0.15) is 29.0 Å². The molecule has 0 saturated carbocycles. The molecule has 5 rings (SSSR count). The van der Waals surface area contributed by atoms with Crippen molar-refractivity contribution in [1.82, 2.24) is 14.5 Å². The topological polar surface area (TPSA) is 102 Å². The van der Waals surface area contributed by atoms with Crippen molar-refractivity contribution >= 4 is 34.7 Å². The molecule has 0 aromatic heterocycles. The van der Waals surface area contributed by atoms with Crippen molar-refractivity contribution in [3.05, 3.63) is 74.7 Å². The van der Waals surface area contributed by atoms with Crippen molar-refractivity contribution in [2.24, 2.45) is 4.99 Å².